The predicted molar refractivity (Wildman–Crippen MR) is 147 cm³/mol. The van der Waals surface area contributed by atoms with Crippen molar-refractivity contribution in [3.63, 3.8) is 0 Å². The molecule has 7 N–H and O–H groups in total. The molecule has 2 aromatic carbocycles. The van der Waals surface area contributed by atoms with E-state index in [2.05, 4.69) is 10.6 Å². The lowest BCUT2D eigenvalue weighted by Gasteiger charge is -2.29. The molecule has 1 aliphatic carbocycles. The lowest BCUT2D eigenvalue weighted by molar-refractivity contribution is -0.143. The van der Waals surface area contributed by atoms with E-state index in [4.69, 9.17) is 15.0 Å². The third-order valence-electron chi connectivity index (χ3n) is 6.60. The van der Waals surface area contributed by atoms with Gasteiger partial charge in [-0.3, -0.25) is 14.1 Å². The minimum Gasteiger partial charge on any atom is -0.497 e. The molecule has 0 saturated heterocycles. The fraction of sp³-hybridized carbons (Fsp3) is 0.462. The fourth-order valence-electron chi connectivity index (χ4n) is 4.39. The SMILES string of the molecule is COc1cccc(CCNC(=O)C2(C(=O)NC(CCCN)B(O)O)CCCC2)c1.O=S(=O)(O)c1ccccc1. The third kappa shape index (κ3) is 9.94. The summed E-state index contributed by atoms with van der Waals surface area (Å²) >= 11 is 0. The van der Waals surface area contributed by atoms with Crippen LogP contribution in [0.25, 0.3) is 0 Å². The first-order valence-electron chi connectivity index (χ1n) is 12.8. The maximum Gasteiger partial charge on any atom is 0.475 e. The highest BCUT2D eigenvalue weighted by atomic mass is 32.2. The Balaban J connectivity index is 0.000000446. The zero-order chi connectivity index (χ0) is 28.9. The summed E-state index contributed by atoms with van der Waals surface area (Å²) in [6.07, 6.45) is 3.98. The zero-order valence-corrected chi connectivity index (χ0v) is 22.9. The fourth-order valence-corrected chi connectivity index (χ4v) is 4.89. The van der Waals surface area contributed by atoms with Crippen LogP contribution in [0.1, 0.15) is 44.1 Å². The number of rotatable bonds is 12. The topological polar surface area (TPSA) is 188 Å². The van der Waals surface area contributed by atoms with E-state index in [1.165, 1.54) is 12.1 Å². The smallest absolute Gasteiger partial charge is 0.475 e. The highest BCUT2D eigenvalue weighted by Gasteiger charge is 2.48. The van der Waals surface area contributed by atoms with E-state index in [1.807, 2.05) is 24.3 Å². The van der Waals surface area contributed by atoms with E-state index in [0.29, 0.717) is 45.2 Å². The summed E-state index contributed by atoms with van der Waals surface area (Å²) in [6.45, 7) is 0.787. The molecule has 1 saturated carbocycles. The van der Waals surface area contributed by atoms with Gasteiger partial charge in [-0.05, 0) is 68.5 Å². The van der Waals surface area contributed by atoms with Crippen LogP contribution in [0.15, 0.2) is 59.5 Å². The van der Waals surface area contributed by atoms with E-state index in [0.717, 1.165) is 24.2 Å². The summed E-state index contributed by atoms with van der Waals surface area (Å²) in [5.41, 5.74) is 5.34. The van der Waals surface area contributed by atoms with Gasteiger partial charge in [0.25, 0.3) is 10.1 Å². The van der Waals surface area contributed by atoms with Crippen molar-refractivity contribution in [1.82, 2.24) is 10.6 Å². The summed E-state index contributed by atoms with van der Waals surface area (Å²) in [7, 11) is -4.09. The monoisotopic (exact) mass is 563 g/mol. The highest BCUT2D eigenvalue weighted by Crippen LogP contribution is 2.39. The molecule has 0 aromatic heterocycles. The zero-order valence-electron chi connectivity index (χ0n) is 22.1. The van der Waals surface area contributed by atoms with Gasteiger partial charge in [0.2, 0.25) is 11.8 Å². The van der Waals surface area contributed by atoms with Crippen LogP contribution in [-0.4, -0.2) is 68.1 Å². The molecule has 11 nitrogen and oxygen atoms in total. The molecule has 0 radical (unpaired) electrons. The van der Waals surface area contributed by atoms with Gasteiger partial charge in [0, 0.05) is 6.54 Å². The number of amides is 2. The average molecular weight is 563 g/mol. The maximum absolute atomic E-state index is 13.0. The molecular formula is C26H38BN3O8S. The van der Waals surface area contributed by atoms with E-state index >= 15 is 0 Å². The van der Waals surface area contributed by atoms with Gasteiger partial charge >= 0.3 is 7.12 Å². The van der Waals surface area contributed by atoms with Crippen LogP contribution in [0.3, 0.4) is 0 Å². The minimum absolute atomic E-state index is 0.0741. The second kappa shape index (κ2) is 15.6. The molecule has 13 heteroatoms. The molecule has 0 aliphatic heterocycles. The number of hydrogen-bond donors (Lipinski definition) is 6. The second-order valence-electron chi connectivity index (χ2n) is 9.36. The number of carbonyl (C=O) groups excluding carboxylic acids is 2. The van der Waals surface area contributed by atoms with Crippen LogP contribution in [0.4, 0.5) is 0 Å². The Hall–Kier alpha value is -2.97. The van der Waals surface area contributed by atoms with Crippen molar-refractivity contribution in [1.29, 1.82) is 0 Å². The van der Waals surface area contributed by atoms with E-state index in [-0.39, 0.29) is 10.8 Å². The Labute approximate surface area is 230 Å². The summed E-state index contributed by atoms with van der Waals surface area (Å²) in [4.78, 5) is 25.8. The van der Waals surface area contributed by atoms with Gasteiger partial charge < -0.3 is 31.2 Å². The van der Waals surface area contributed by atoms with Gasteiger partial charge in [-0.2, -0.15) is 8.42 Å². The molecule has 0 heterocycles. The van der Waals surface area contributed by atoms with E-state index in [9.17, 15) is 28.1 Å². The molecule has 214 valence electrons. The number of benzene rings is 2. The van der Waals surface area contributed by atoms with Gasteiger partial charge in [-0.15, -0.1) is 0 Å². The number of nitrogens with two attached hydrogens (primary N) is 1. The standard InChI is InChI=1S/C20H32BN3O5.C6H6O3S/c1-29-16-7-4-6-15(14-16)9-13-23-18(25)20(10-2-3-11-20)19(26)24-17(21(27)28)8-5-12-22;7-10(8,9)6-4-2-1-3-5-6/h4,6-7,14,17,27-28H,2-3,5,8-13,22H2,1H3,(H,23,25)(H,24,26);1-5H,(H,7,8,9). The summed E-state index contributed by atoms with van der Waals surface area (Å²) in [5.74, 6) is -0.830. The lowest BCUT2D eigenvalue weighted by atomic mass is 9.75. The van der Waals surface area contributed by atoms with Crippen molar-refractivity contribution >= 4 is 29.1 Å². The number of nitrogens with one attached hydrogen (secondary N) is 2. The molecule has 1 aliphatic rings. The third-order valence-corrected chi connectivity index (χ3v) is 7.46. The van der Waals surface area contributed by atoms with Crippen molar-refractivity contribution in [2.75, 3.05) is 20.2 Å². The van der Waals surface area contributed by atoms with Crippen LogP contribution in [0.5, 0.6) is 5.75 Å². The molecule has 39 heavy (non-hydrogen) atoms. The molecule has 0 spiro atoms. The van der Waals surface area contributed by atoms with Crippen LogP contribution < -0.4 is 21.1 Å². The van der Waals surface area contributed by atoms with Crippen molar-refractivity contribution < 1.29 is 37.3 Å². The maximum atomic E-state index is 13.0. The summed E-state index contributed by atoms with van der Waals surface area (Å²) < 4.78 is 34.4. The molecule has 1 unspecified atom stereocenters. The summed E-state index contributed by atoms with van der Waals surface area (Å²) in [6, 6.07) is 15.0. The minimum atomic E-state index is -4.00. The normalized spacial score (nSPS) is 14.9. The largest absolute Gasteiger partial charge is 0.497 e. The van der Waals surface area contributed by atoms with Crippen LogP contribution in [0, 0.1) is 5.41 Å². The molecular weight excluding hydrogens is 525 g/mol. The Morgan fingerprint density at radius 1 is 1.08 bits per heavy atom. The second-order valence-corrected chi connectivity index (χ2v) is 10.8. The van der Waals surface area contributed by atoms with Crippen LogP contribution in [-0.2, 0) is 26.1 Å². The van der Waals surface area contributed by atoms with Gasteiger partial charge in [0.05, 0.1) is 17.9 Å². The molecule has 0 bridgehead atoms. The Bertz CT molecular complexity index is 1160. The van der Waals surface area contributed by atoms with Gasteiger partial charge in [0.15, 0.2) is 0 Å². The predicted octanol–water partition coefficient (Wildman–Crippen LogP) is 1.08. The van der Waals surface area contributed by atoms with E-state index in [1.54, 1.807) is 25.3 Å². The van der Waals surface area contributed by atoms with Gasteiger partial charge in [0.1, 0.15) is 11.2 Å². The van der Waals surface area contributed by atoms with Crippen molar-refractivity contribution in [2.45, 2.75) is 55.8 Å². The molecule has 3 rings (SSSR count). The van der Waals surface area contributed by atoms with E-state index < -0.39 is 34.5 Å². The highest BCUT2D eigenvalue weighted by molar-refractivity contribution is 7.85. The first kappa shape index (κ1) is 32.2. The number of methoxy groups -OCH3 is 1. The van der Waals surface area contributed by atoms with Gasteiger partial charge in [-0.1, -0.05) is 43.2 Å². The number of ether oxygens (including phenoxy) is 1. The van der Waals surface area contributed by atoms with Crippen molar-refractivity contribution in [3.05, 3.63) is 60.2 Å². The summed E-state index contributed by atoms with van der Waals surface area (Å²) in [5, 5.41) is 24.7. The van der Waals surface area contributed by atoms with Crippen LogP contribution in [0.2, 0.25) is 0 Å². The van der Waals surface area contributed by atoms with Crippen molar-refractivity contribution in [3.8, 4) is 5.75 Å². The van der Waals surface area contributed by atoms with Crippen LogP contribution >= 0.6 is 0 Å². The Morgan fingerprint density at radius 2 is 1.74 bits per heavy atom. The molecule has 2 amide bonds. The average Bonchev–Trinajstić information content (AvgIpc) is 3.43. The first-order chi connectivity index (χ1) is 18.5. The van der Waals surface area contributed by atoms with Crippen molar-refractivity contribution in [2.24, 2.45) is 11.1 Å². The molecule has 2 aromatic rings. The Morgan fingerprint density at radius 3 is 2.28 bits per heavy atom. The Kier molecular flexibility index (Phi) is 12.9. The first-order valence-corrected chi connectivity index (χ1v) is 14.3. The lowest BCUT2D eigenvalue weighted by Crippen LogP contribution is -2.56. The number of carbonyl (C=O) groups is 2. The van der Waals surface area contributed by atoms with Gasteiger partial charge in [-0.25, -0.2) is 0 Å². The quantitative estimate of drug-likeness (QED) is 0.125. The number of hydrogen-bond acceptors (Lipinski definition) is 8. The molecule has 1 atom stereocenters. The molecule has 1 fully saturated rings.